The van der Waals surface area contributed by atoms with Crippen LogP contribution in [0.3, 0.4) is 0 Å². The number of hydrogen-bond donors (Lipinski definition) is 3. The number of piperidine rings is 2. The van der Waals surface area contributed by atoms with E-state index < -0.39 is 0 Å². The number of rotatable bonds is 4. The van der Waals surface area contributed by atoms with Crippen LogP contribution < -0.4 is 10.6 Å². The molecule has 3 unspecified atom stereocenters. The Hall–Kier alpha value is -0.810. The number of nitrogens with one attached hydrogen (secondary N) is 2. The number of aliphatic imine (C=N–C) groups is 1. The first-order valence-electron chi connectivity index (χ1n) is 10.0. The highest BCUT2D eigenvalue weighted by atomic mass is 16.3. The Kier molecular flexibility index (Phi) is 6.39. The van der Waals surface area contributed by atoms with Crippen LogP contribution in [0.5, 0.6) is 0 Å². The molecule has 1 saturated carbocycles. The third-order valence-corrected chi connectivity index (χ3v) is 6.58. The van der Waals surface area contributed by atoms with E-state index in [-0.39, 0.29) is 6.10 Å². The van der Waals surface area contributed by atoms with Gasteiger partial charge in [-0.05, 0) is 51.5 Å². The molecule has 2 heterocycles. The van der Waals surface area contributed by atoms with E-state index >= 15 is 0 Å². The lowest BCUT2D eigenvalue weighted by Crippen LogP contribution is -2.57. The van der Waals surface area contributed by atoms with Gasteiger partial charge in [0.25, 0.3) is 0 Å². The van der Waals surface area contributed by atoms with Crippen molar-refractivity contribution in [1.29, 1.82) is 0 Å². The van der Waals surface area contributed by atoms with Crippen LogP contribution in [0.1, 0.15) is 64.2 Å². The molecular formula is C19H36N4O. The monoisotopic (exact) mass is 336 g/mol. The van der Waals surface area contributed by atoms with E-state index in [2.05, 4.69) is 27.6 Å². The summed E-state index contributed by atoms with van der Waals surface area (Å²) in [6.45, 7) is 0.615. The minimum Gasteiger partial charge on any atom is -0.391 e. The summed E-state index contributed by atoms with van der Waals surface area (Å²) in [5, 5.41) is 17.4. The molecule has 3 atom stereocenters. The molecule has 3 fully saturated rings. The predicted molar refractivity (Wildman–Crippen MR) is 99.3 cm³/mol. The average molecular weight is 337 g/mol. The van der Waals surface area contributed by atoms with Gasteiger partial charge >= 0.3 is 0 Å². The number of hydrogen-bond acceptors (Lipinski definition) is 3. The Balaban J connectivity index is 1.45. The van der Waals surface area contributed by atoms with E-state index in [1.807, 2.05) is 7.05 Å². The van der Waals surface area contributed by atoms with Crippen LogP contribution in [0.2, 0.25) is 0 Å². The van der Waals surface area contributed by atoms with Gasteiger partial charge in [0.1, 0.15) is 0 Å². The van der Waals surface area contributed by atoms with Gasteiger partial charge in [-0.25, -0.2) is 0 Å². The van der Waals surface area contributed by atoms with Crippen molar-refractivity contribution in [2.75, 3.05) is 20.6 Å². The highest BCUT2D eigenvalue weighted by Gasteiger charge is 2.36. The van der Waals surface area contributed by atoms with Crippen molar-refractivity contribution < 1.29 is 5.11 Å². The molecule has 3 rings (SSSR count). The summed E-state index contributed by atoms with van der Waals surface area (Å²) >= 11 is 0. The molecule has 5 nitrogen and oxygen atoms in total. The fourth-order valence-corrected chi connectivity index (χ4v) is 5.01. The molecule has 2 bridgehead atoms. The van der Waals surface area contributed by atoms with Gasteiger partial charge < -0.3 is 20.6 Å². The summed E-state index contributed by atoms with van der Waals surface area (Å²) in [4.78, 5) is 6.97. The molecule has 0 amide bonds. The Morgan fingerprint density at radius 2 is 1.75 bits per heavy atom. The van der Waals surface area contributed by atoms with Crippen molar-refractivity contribution >= 4 is 5.96 Å². The number of aliphatic hydroxyl groups excluding tert-OH is 1. The minimum absolute atomic E-state index is 0.249. The SMILES string of the molecule is CN=C(NCC(O)C1CCCCC1)NC1CC2CCCC(C1)N2C. The Bertz CT molecular complexity index is 408. The third-order valence-electron chi connectivity index (χ3n) is 6.58. The fourth-order valence-electron chi connectivity index (χ4n) is 5.01. The summed E-state index contributed by atoms with van der Waals surface area (Å²) in [5.41, 5.74) is 0. The van der Waals surface area contributed by atoms with E-state index in [9.17, 15) is 5.11 Å². The normalized spacial score (nSPS) is 34.0. The molecule has 0 radical (unpaired) electrons. The first kappa shape index (κ1) is 18.0. The zero-order valence-electron chi connectivity index (χ0n) is 15.5. The largest absolute Gasteiger partial charge is 0.391 e. The molecule has 2 saturated heterocycles. The summed E-state index contributed by atoms with van der Waals surface area (Å²) in [5.74, 6) is 1.32. The van der Waals surface area contributed by atoms with Crippen molar-refractivity contribution in [3.63, 3.8) is 0 Å². The maximum absolute atomic E-state index is 10.4. The third kappa shape index (κ3) is 4.42. The molecule has 24 heavy (non-hydrogen) atoms. The topological polar surface area (TPSA) is 59.9 Å². The molecular weight excluding hydrogens is 300 g/mol. The quantitative estimate of drug-likeness (QED) is 0.544. The van der Waals surface area contributed by atoms with E-state index in [0.29, 0.717) is 18.5 Å². The summed E-state index contributed by atoms with van der Waals surface area (Å²) in [6.07, 6.45) is 12.4. The predicted octanol–water partition coefficient (Wildman–Crippen LogP) is 2.11. The van der Waals surface area contributed by atoms with Crippen LogP contribution in [0.25, 0.3) is 0 Å². The summed E-state index contributed by atoms with van der Waals surface area (Å²) in [6, 6.07) is 1.95. The Morgan fingerprint density at radius 3 is 2.38 bits per heavy atom. The number of guanidine groups is 1. The first-order chi connectivity index (χ1) is 11.7. The molecule has 1 aliphatic carbocycles. The van der Waals surface area contributed by atoms with Gasteiger partial charge in [0.2, 0.25) is 0 Å². The zero-order chi connectivity index (χ0) is 16.9. The lowest BCUT2D eigenvalue weighted by Gasteiger charge is -2.47. The second kappa shape index (κ2) is 8.52. The van der Waals surface area contributed by atoms with E-state index in [1.165, 1.54) is 64.2 Å². The molecule has 0 spiro atoms. The highest BCUT2D eigenvalue weighted by Crippen LogP contribution is 2.32. The lowest BCUT2D eigenvalue weighted by molar-refractivity contribution is 0.0524. The smallest absolute Gasteiger partial charge is 0.191 e. The van der Waals surface area contributed by atoms with E-state index in [4.69, 9.17) is 0 Å². The highest BCUT2D eigenvalue weighted by molar-refractivity contribution is 5.80. The van der Waals surface area contributed by atoms with Crippen molar-refractivity contribution in [1.82, 2.24) is 15.5 Å². The average Bonchev–Trinajstić information content (AvgIpc) is 2.59. The first-order valence-corrected chi connectivity index (χ1v) is 10.0. The molecule has 5 heteroatoms. The minimum atomic E-state index is -0.249. The van der Waals surface area contributed by atoms with Crippen molar-refractivity contribution in [2.24, 2.45) is 10.9 Å². The molecule has 0 aromatic rings. The second-order valence-corrected chi connectivity index (χ2v) is 8.14. The summed E-state index contributed by atoms with van der Waals surface area (Å²) < 4.78 is 0. The van der Waals surface area contributed by atoms with Crippen molar-refractivity contribution in [3.8, 4) is 0 Å². The maximum Gasteiger partial charge on any atom is 0.191 e. The lowest BCUT2D eigenvalue weighted by atomic mass is 9.82. The van der Waals surface area contributed by atoms with Gasteiger partial charge in [0.05, 0.1) is 6.10 Å². The van der Waals surface area contributed by atoms with E-state index in [0.717, 1.165) is 18.0 Å². The number of nitrogens with zero attached hydrogens (tertiary/aromatic N) is 2. The molecule has 0 aromatic heterocycles. The van der Waals surface area contributed by atoms with Crippen LogP contribution in [-0.4, -0.2) is 60.8 Å². The van der Waals surface area contributed by atoms with Crippen LogP contribution >= 0.6 is 0 Å². The number of aliphatic hydroxyl groups is 1. The molecule has 0 aromatic carbocycles. The fraction of sp³-hybridized carbons (Fsp3) is 0.947. The maximum atomic E-state index is 10.4. The molecule has 3 N–H and O–H groups in total. The van der Waals surface area contributed by atoms with Gasteiger partial charge in [-0.2, -0.15) is 0 Å². The van der Waals surface area contributed by atoms with Crippen LogP contribution in [0, 0.1) is 5.92 Å². The van der Waals surface area contributed by atoms with E-state index in [1.54, 1.807) is 0 Å². The van der Waals surface area contributed by atoms with Crippen LogP contribution in [0.15, 0.2) is 4.99 Å². The number of fused-ring (bicyclic) bond motifs is 2. The van der Waals surface area contributed by atoms with Crippen LogP contribution in [-0.2, 0) is 0 Å². The van der Waals surface area contributed by atoms with Gasteiger partial charge in [0.15, 0.2) is 5.96 Å². The second-order valence-electron chi connectivity index (χ2n) is 8.14. The molecule has 3 aliphatic rings. The Labute approximate surface area is 147 Å². The molecule has 138 valence electrons. The van der Waals surface area contributed by atoms with Crippen LogP contribution in [0.4, 0.5) is 0 Å². The van der Waals surface area contributed by atoms with Crippen molar-refractivity contribution in [3.05, 3.63) is 0 Å². The Morgan fingerprint density at radius 1 is 1.08 bits per heavy atom. The van der Waals surface area contributed by atoms with Gasteiger partial charge in [0, 0.05) is 31.7 Å². The van der Waals surface area contributed by atoms with Gasteiger partial charge in [-0.3, -0.25) is 4.99 Å². The zero-order valence-corrected chi connectivity index (χ0v) is 15.5. The summed E-state index contributed by atoms with van der Waals surface area (Å²) in [7, 11) is 4.12. The van der Waals surface area contributed by atoms with Gasteiger partial charge in [-0.1, -0.05) is 25.7 Å². The van der Waals surface area contributed by atoms with Crippen molar-refractivity contribution in [2.45, 2.75) is 88.4 Å². The standard InChI is InChI=1S/C19H36N4O/c1-20-19(21-13-18(24)14-7-4-3-5-8-14)22-15-11-16-9-6-10-17(12-15)23(16)2/h14-18,24H,3-13H2,1-2H3,(H2,20,21,22). The molecule has 2 aliphatic heterocycles. The van der Waals surface area contributed by atoms with Gasteiger partial charge in [-0.15, -0.1) is 0 Å².